The molecule has 0 spiro atoms. The van der Waals surface area contributed by atoms with Crippen molar-refractivity contribution in [3.63, 3.8) is 0 Å². The molecule has 0 amide bonds. The summed E-state index contributed by atoms with van der Waals surface area (Å²) in [6.45, 7) is 27.6. The minimum atomic E-state index is 0.568. The summed E-state index contributed by atoms with van der Waals surface area (Å²) in [6.07, 6.45) is 10.6. The number of ether oxygens (including phenoxy) is 2. The Bertz CT molecular complexity index is 1620. The summed E-state index contributed by atoms with van der Waals surface area (Å²) >= 11 is 0. The molecule has 5 aromatic rings. The molecular formula is C55H83NO2. The molecular weight excluding hydrogens is 707 g/mol. The molecule has 58 heavy (non-hydrogen) atoms. The van der Waals surface area contributed by atoms with E-state index in [1.54, 1.807) is 0 Å². The average molecular weight is 790 g/mol. The summed E-state index contributed by atoms with van der Waals surface area (Å²) in [4.78, 5) is 0. The van der Waals surface area contributed by atoms with E-state index in [1.165, 1.54) is 64.6 Å². The molecule has 0 radical (unpaired) electrons. The maximum Gasteiger partial charge on any atom is 0.119 e. The van der Waals surface area contributed by atoms with Gasteiger partial charge in [0, 0.05) is 6.54 Å². The van der Waals surface area contributed by atoms with Gasteiger partial charge in [0.1, 0.15) is 24.7 Å². The Labute approximate surface area is 357 Å². The molecule has 0 aliphatic heterocycles. The maximum absolute atomic E-state index is 5.85. The van der Waals surface area contributed by atoms with Crippen LogP contribution >= 0.6 is 0 Å². The number of hydrogen-bond donors (Lipinski definition) is 1. The first kappa shape index (κ1) is 53.7. The van der Waals surface area contributed by atoms with E-state index in [4.69, 9.17) is 15.2 Å². The zero-order chi connectivity index (χ0) is 43.4. The van der Waals surface area contributed by atoms with Gasteiger partial charge >= 0.3 is 0 Å². The largest absolute Gasteiger partial charge is 0.489 e. The predicted octanol–water partition coefficient (Wildman–Crippen LogP) is 15.8. The Morgan fingerprint density at radius 3 is 1.09 bits per heavy atom. The molecule has 0 saturated heterocycles. The van der Waals surface area contributed by atoms with Gasteiger partial charge in [-0.2, -0.15) is 0 Å². The van der Waals surface area contributed by atoms with Crippen molar-refractivity contribution in [1.29, 1.82) is 0 Å². The lowest BCUT2D eigenvalue weighted by molar-refractivity contribution is 0.306. The second kappa shape index (κ2) is 35.8. The molecule has 0 unspecified atom stereocenters. The van der Waals surface area contributed by atoms with E-state index in [1.807, 2.05) is 38.1 Å². The third-order valence-corrected chi connectivity index (χ3v) is 9.17. The average Bonchev–Trinajstić information content (AvgIpc) is 3.29. The Hall–Kier alpha value is -4.34. The van der Waals surface area contributed by atoms with Crippen LogP contribution in [0.5, 0.6) is 11.5 Å². The first-order valence-electron chi connectivity index (χ1n) is 22.5. The molecule has 0 aliphatic rings. The Morgan fingerprint density at radius 2 is 0.776 bits per heavy atom. The predicted molar refractivity (Wildman–Crippen MR) is 257 cm³/mol. The van der Waals surface area contributed by atoms with Gasteiger partial charge in [0.15, 0.2) is 0 Å². The molecule has 0 atom stereocenters. The van der Waals surface area contributed by atoms with E-state index in [9.17, 15) is 0 Å². The van der Waals surface area contributed by atoms with Crippen molar-refractivity contribution in [2.75, 3.05) is 0 Å². The van der Waals surface area contributed by atoms with E-state index < -0.39 is 0 Å². The van der Waals surface area contributed by atoms with Crippen LogP contribution in [0.4, 0.5) is 0 Å². The van der Waals surface area contributed by atoms with Crippen molar-refractivity contribution in [2.24, 2.45) is 11.7 Å². The van der Waals surface area contributed by atoms with Gasteiger partial charge in [-0.1, -0.05) is 199 Å². The quantitative estimate of drug-likeness (QED) is 0.115. The van der Waals surface area contributed by atoms with Gasteiger partial charge in [0.25, 0.3) is 0 Å². The van der Waals surface area contributed by atoms with E-state index in [0.717, 1.165) is 55.1 Å². The summed E-state index contributed by atoms with van der Waals surface area (Å²) in [7, 11) is 0. The van der Waals surface area contributed by atoms with Crippen LogP contribution in [0.2, 0.25) is 0 Å². The highest BCUT2D eigenvalue weighted by Crippen LogP contribution is 2.17. The molecule has 3 heteroatoms. The van der Waals surface area contributed by atoms with E-state index in [2.05, 4.69) is 166 Å². The van der Waals surface area contributed by atoms with Crippen molar-refractivity contribution >= 4 is 0 Å². The van der Waals surface area contributed by atoms with Crippen LogP contribution in [0.3, 0.4) is 0 Å². The highest BCUT2D eigenvalue weighted by molar-refractivity contribution is 5.30. The van der Waals surface area contributed by atoms with Gasteiger partial charge in [0.2, 0.25) is 0 Å². The van der Waals surface area contributed by atoms with E-state index >= 15 is 0 Å². The van der Waals surface area contributed by atoms with Crippen molar-refractivity contribution < 1.29 is 9.47 Å². The molecule has 0 fully saturated rings. The molecule has 0 saturated carbocycles. The monoisotopic (exact) mass is 790 g/mol. The molecule has 0 heterocycles. The van der Waals surface area contributed by atoms with Gasteiger partial charge in [0.05, 0.1) is 0 Å². The van der Waals surface area contributed by atoms with Gasteiger partial charge in [-0.3, -0.25) is 0 Å². The SMILES string of the molecule is CC.CCC.CCC(C)C.CCCCc1ccc(OCc2cccc(CC)c2)cc1.CCc1ccc(CC)cc1.CCc1cccc(COc2ccc(CN)cc2)c1. The van der Waals surface area contributed by atoms with Crippen molar-refractivity contribution in [1.82, 2.24) is 0 Å². The zero-order valence-electron chi connectivity index (χ0n) is 39.0. The van der Waals surface area contributed by atoms with Crippen molar-refractivity contribution in [3.8, 4) is 11.5 Å². The molecule has 2 N–H and O–H groups in total. The third-order valence-electron chi connectivity index (χ3n) is 9.17. The van der Waals surface area contributed by atoms with Gasteiger partial charge in [-0.15, -0.1) is 0 Å². The molecule has 0 aromatic heterocycles. The van der Waals surface area contributed by atoms with Crippen LogP contribution in [-0.4, -0.2) is 0 Å². The molecule has 0 aliphatic carbocycles. The molecule has 5 rings (SSSR count). The van der Waals surface area contributed by atoms with Gasteiger partial charge in [-0.05, 0) is 113 Å². The summed E-state index contributed by atoms with van der Waals surface area (Å²) in [5, 5.41) is 0. The lowest BCUT2D eigenvalue weighted by Gasteiger charge is -2.08. The minimum Gasteiger partial charge on any atom is -0.489 e. The normalized spacial score (nSPS) is 9.76. The third kappa shape index (κ3) is 25.8. The first-order chi connectivity index (χ1) is 28.2. The van der Waals surface area contributed by atoms with E-state index in [-0.39, 0.29) is 0 Å². The van der Waals surface area contributed by atoms with Crippen molar-refractivity contribution in [3.05, 3.63) is 166 Å². The van der Waals surface area contributed by atoms with Crippen molar-refractivity contribution in [2.45, 2.75) is 161 Å². The Kier molecular flexibility index (Phi) is 33.1. The summed E-state index contributed by atoms with van der Waals surface area (Å²) in [5.41, 5.74) is 16.1. The number of benzene rings is 5. The van der Waals surface area contributed by atoms with Crippen LogP contribution < -0.4 is 15.2 Å². The number of nitrogens with two attached hydrogens (primary N) is 1. The highest BCUT2D eigenvalue weighted by atomic mass is 16.5. The highest BCUT2D eigenvalue weighted by Gasteiger charge is 2.00. The lowest BCUT2D eigenvalue weighted by Crippen LogP contribution is -1.98. The smallest absolute Gasteiger partial charge is 0.119 e. The van der Waals surface area contributed by atoms with Gasteiger partial charge < -0.3 is 15.2 Å². The molecule has 320 valence electrons. The van der Waals surface area contributed by atoms with E-state index in [0.29, 0.717) is 19.8 Å². The molecule has 3 nitrogen and oxygen atoms in total. The number of hydrogen-bond acceptors (Lipinski definition) is 3. The second-order valence-electron chi connectivity index (χ2n) is 14.6. The fraction of sp³-hybridized carbons (Fsp3) is 0.455. The number of unbranched alkanes of at least 4 members (excludes halogenated alkanes) is 1. The standard InChI is InChI=1S/C19H24O.C16H19NO.C10H14.C5H12.C3H8.C2H6/c1-3-5-7-17-10-12-19(13-11-17)20-15-18-9-6-8-16(4-2)14-18;1-2-13-4-3-5-15(10-13)12-18-16-8-6-14(11-17)7-9-16;1-3-9-5-7-10(4-2)8-6-9;1-4-5(2)3;1-3-2;1-2/h6,8-14H,3-5,7,15H2,1-2H3;3-10H,2,11-12,17H2,1H3;5-8H,3-4H2,1-2H3;5H,4H2,1-3H3;3H2,1-2H3;1-2H3. The fourth-order valence-corrected chi connectivity index (χ4v) is 5.08. The number of rotatable bonds is 15. The topological polar surface area (TPSA) is 44.5 Å². The van der Waals surface area contributed by atoms with Crippen LogP contribution in [0.15, 0.2) is 121 Å². The zero-order valence-corrected chi connectivity index (χ0v) is 39.0. The number of aryl methyl sites for hydroxylation is 5. The molecule has 5 aromatic carbocycles. The Balaban J connectivity index is 0.000000778. The molecule has 0 bridgehead atoms. The van der Waals surface area contributed by atoms with Crippen LogP contribution in [0, 0.1) is 5.92 Å². The Morgan fingerprint density at radius 1 is 0.448 bits per heavy atom. The summed E-state index contributed by atoms with van der Waals surface area (Å²) in [6, 6.07) is 42.4. The minimum absolute atomic E-state index is 0.568. The maximum atomic E-state index is 5.85. The first-order valence-corrected chi connectivity index (χ1v) is 22.5. The lowest BCUT2D eigenvalue weighted by atomic mass is 10.1. The summed E-state index contributed by atoms with van der Waals surface area (Å²) < 4.78 is 11.6. The van der Waals surface area contributed by atoms with Gasteiger partial charge in [-0.25, -0.2) is 0 Å². The summed E-state index contributed by atoms with van der Waals surface area (Å²) in [5.74, 6) is 2.72. The van der Waals surface area contributed by atoms with Crippen LogP contribution in [-0.2, 0) is 51.9 Å². The second-order valence-corrected chi connectivity index (χ2v) is 14.6. The van der Waals surface area contributed by atoms with Crippen LogP contribution in [0.1, 0.15) is 153 Å². The fourth-order valence-electron chi connectivity index (χ4n) is 5.08. The van der Waals surface area contributed by atoms with Crippen LogP contribution in [0.25, 0.3) is 0 Å².